The second-order valence-corrected chi connectivity index (χ2v) is 7.39. The molecule has 0 spiro atoms. The number of para-hydroxylation sites is 1. The van der Waals surface area contributed by atoms with Crippen LogP contribution in [0.25, 0.3) is 11.8 Å². The molecule has 0 radical (unpaired) electrons. The van der Waals surface area contributed by atoms with Crippen LogP contribution in [0, 0.1) is 13.8 Å². The van der Waals surface area contributed by atoms with Crippen LogP contribution >= 0.6 is 11.6 Å². The van der Waals surface area contributed by atoms with Gasteiger partial charge in [0.25, 0.3) is 11.8 Å². The number of anilines is 1. The first-order valence-corrected chi connectivity index (χ1v) is 9.65. The zero-order valence-electron chi connectivity index (χ0n) is 16.3. The molecule has 0 unspecified atom stereocenters. The predicted molar refractivity (Wildman–Crippen MR) is 116 cm³/mol. The monoisotopic (exact) mass is 419 g/mol. The smallest absolute Gasteiger partial charge is 0.317 e. The molecule has 1 N–H and O–H groups in total. The van der Waals surface area contributed by atoms with Crippen molar-refractivity contribution < 1.29 is 14.4 Å². The van der Waals surface area contributed by atoms with Crippen LogP contribution < -0.4 is 10.2 Å². The van der Waals surface area contributed by atoms with E-state index in [2.05, 4.69) is 5.32 Å². The first-order valence-electron chi connectivity index (χ1n) is 9.28. The first-order chi connectivity index (χ1) is 14.4. The number of urea groups is 1. The number of hydrogen-bond donors (Lipinski definition) is 1. The maximum Gasteiger partial charge on any atom is 0.335 e. The van der Waals surface area contributed by atoms with Crippen LogP contribution in [0.5, 0.6) is 0 Å². The molecule has 2 heterocycles. The Morgan fingerprint density at radius 3 is 2.43 bits per heavy atom. The number of rotatable bonds is 3. The van der Waals surface area contributed by atoms with Gasteiger partial charge in [0.2, 0.25) is 0 Å². The van der Waals surface area contributed by atoms with Crippen molar-refractivity contribution in [2.45, 2.75) is 13.8 Å². The Labute approximate surface area is 178 Å². The van der Waals surface area contributed by atoms with Gasteiger partial charge in [0, 0.05) is 22.6 Å². The number of imide groups is 2. The highest BCUT2D eigenvalue weighted by Gasteiger charge is 2.37. The van der Waals surface area contributed by atoms with Crippen molar-refractivity contribution in [1.82, 2.24) is 9.88 Å². The van der Waals surface area contributed by atoms with Crippen LogP contribution in [0.4, 0.5) is 10.5 Å². The van der Waals surface area contributed by atoms with Crippen LogP contribution in [0.15, 0.2) is 66.4 Å². The molecule has 1 aliphatic rings. The molecule has 3 aromatic rings. The molecule has 0 aliphatic carbocycles. The molecule has 0 atom stereocenters. The molecule has 0 saturated carbocycles. The van der Waals surface area contributed by atoms with E-state index in [4.69, 9.17) is 11.6 Å². The minimum absolute atomic E-state index is 0.129. The molecule has 1 aromatic heterocycles. The van der Waals surface area contributed by atoms with Gasteiger partial charge in [0.05, 0.1) is 5.69 Å². The Morgan fingerprint density at radius 1 is 0.933 bits per heavy atom. The van der Waals surface area contributed by atoms with E-state index in [1.807, 2.05) is 42.0 Å². The van der Waals surface area contributed by atoms with Gasteiger partial charge < -0.3 is 4.57 Å². The second kappa shape index (κ2) is 7.65. The van der Waals surface area contributed by atoms with E-state index >= 15 is 0 Å². The normalized spacial score (nSPS) is 15.6. The number of aromatic nitrogens is 1. The van der Waals surface area contributed by atoms with Gasteiger partial charge in [0.1, 0.15) is 5.57 Å². The van der Waals surface area contributed by atoms with Crippen molar-refractivity contribution in [2.24, 2.45) is 0 Å². The summed E-state index contributed by atoms with van der Waals surface area (Å²) in [6, 6.07) is 15.4. The average molecular weight is 420 g/mol. The Hall–Kier alpha value is -3.64. The molecular weight excluding hydrogens is 402 g/mol. The van der Waals surface area contributed by atoms with Gasteiger partial charge in [-0.25, -0.2) is 9.69 Å². The molecule has 7 heteroatoms. The van der Waals surface area contributed by atoms with Crippen molar-refractivity contribution in [3.8, 4) is 5.69 Å². The highest BCUT2D eigenvalue weighted by molar-refractivity contribution is 6.39. The maximum absolute atomic E-state index is 13.1. The van der Waals surface area contributed by atoms with E-state index in [0.29, 0.717) is 16.4 Å². The fraction of sp³-hybridized carbons (Fsp3) is 0.0870. The summed E-state index contributed by atoms with van der Waals surface area (Å²) < 4.78 is 1.81. The number of carbonyl (C=O) groups is 3. The summed E-state index contributed by atoms with van der Waals surface area (Å²) in [6.45, 7) is 3.70. The van der Waals surface area contributed by atoms with Crippen LogP contribution in [-0.2, 0) is 9.59 Å². The quantitative estimate of drug-likeness (QED) is 0.504. The lowest BCUT2D eigenvalue weighted by Crippen LogP contribution is -2.54. The molecule has 4 rings (SSSR count). The minimum atomic E-state index is -0.767. The zero-order valence-corrected chi connectivity index (χ0v) is 17.1. The molecule has 0 bridgehead atoms. The third-order valence-electron chi connectivity index (χ3n) is 4.96. The zero-order chi connectivity index (χ0) is 21.4. The number of halogens is 1. The van der Waals surface area contributed by atoms with E-state index in [9.17, 15) is 14.4 Å². The second-order valence-electron chi connectivity index (χ2n) is 6.98. The van der Waals surface area contributed by atoms with Gasteiger partial charge in [-0.15, -0.1) is 0 Å². The summed E-state index contributed by atoms with van der Waals surface area (Å²) in [7, 11) is 0. The molecule has 150 valence electrons. The van der Waals surface area contributed by atoms with Crippen LogP contribution in [-0.4, -0.2) is 22.4 Å². The number of nitrogens with one attached hydrogen (secondary N) is 1. The summed E-state index contributed by atoms with van der Waals surface area (Å²) in [5.74, 6) is -1.41. The molecule has 30 heavy (non-hydrogen) atoms. The fourth-order valence-electron chi connectivity index (χ4n) is 3.32. The van der Waals surface area contributed by atoms with E-state index in [1.54, 1.807) is 37.3 Å². The van der Waals surface area contributed by atoms with E-state index < -0.39 is 17.8 Å². The standard InChI is InChI=1S/C23H18ClN3O3/c1-14-9-10-17(13-19(14)24)26-11-5-7-16(26)12-18-21(28)25-23(30)27(22(18)29)20-8-4-3-6-15(20)2/h3-13H,1-2H3,(H,25,28,30)/b18-12+. The third-order valence-corrected chi connectivity index (χ3v) is 5.37. The average Bonchev–Trinajstić information content (AvgIpc) is 3.17. The minimum Gasteiger partial charge on any atom is -0.317 e. The van der Waals surface area contributed by atoms with Crippen molar-refractivity contribution >= 4 is 41.2 Å². The van der Waals surface area contributed by atoms with Gasteiger partial charge in [-0.05, 0) is 61.4 Å². The van der Waals surface area contributed by atoms with Gasteiger partial charge in [0.15, 0.2) is 0 Å². The summed E-state index contributed by atoms with van der Waals surface area (Å²) >= 11 is 6.25. The molecule has 2 aromatic carbocycles. The Kier molecular flexibility index (Phi) is 5.01. The highest BCUT2D eigenvalue weighted by atomic mass is 35.5. The number of carbonyl (C=O) groups excluding carboxylic acids is 3. The molecular formula is C23H18ClN3O3. The van der Waals surface area contributed by atoms with Gasteiger partial charge in [-0.1, -0.05) is 35.9 Å². The number of barbiturate groups is 1. The molecule has 6 nitrogen and oxygen atoms in total. The van der Waals surface area contributed by atoms with Crippen molar-refractivity contribution in [3.05, 3.63) is 88.2 Å². The van der Waals surface area contributed by atoms with Crippen LogP contribution in [0.2, 0.25) is 5.02 Å². The van der Waals surface area contributed by atoms with Crippen molar-refractivity contribution in [3.63, 3.8) is 0 Å². The molecule has 1 fully saturated rings. The van der Waals surface area contributed by atoms with E-state index in [1.165, 1.54) is 6.08 Å². The largest absolute Gasteiger partial charge is 0.335 e. The molecule has 4 amide bonds. The van der Waals surface area contributed by atoms with Crippen LogP contribution in [0.1, 0.15) is 16.8 Å². The summed E-state index contributed by atoms with van der Waals surface area (Å²) in [4.78, 5) is 39.0. The lowest BCUT2D eigenvalue weighted by Gasteiger charge is -2.27. The first kappa shape index (κ1) is 19.7. The van der Waals surface area contributed by atoms with Crippen molar-refractivity contribution in [1.29, 1.82) is 0 Å². The number of nitrogens with zero attached hydrogens (tertiary/aromatic N) is 2. The molecule has 1 aliphatic heterocycles. The Morgan fingerprint density at radius 2 is 1.70 bits per heavy atom. The van der Waals surface area contributed by atoms with Gasteiger partial charge in [-0.2, -0.15) is 0 Å². The maximum atomic E-state index is 13.1. The Balaban J connectivity index is 1.77. The third kappa shape index (κ3) is 3.42. The SMILES string of the molecule is Cc1ccc(-n2cccc2/C=C2\C(=O)NC(=O)N(c3ccccc3C)C2=O)cc1Cl. The van der Waals surface area contributed by atoms with Crippen molar-refractivity contribution in [2.75, 3.05) is 4.90 Å². The predicted octanol–water partition coefficient (Wildman–Crippen LogP) is 4.41. The number of benzene rings is 2. The van der Waals surface area contributed by atoms with E-state index in [0.717, 1.165) is 21.7 Å². The van der Waals surface area contributed by atoms with Crippen LogP contribution in [0.3, 0.4) is 0 Å². The van der Waals surface area contributed by atoms with Gasteiger partial charge in [-0.3, -0.25) is 14.9 Å². The highest BCUT2D eigenvalue weighted by Crippen LogP contribution is 2.26. The summed E-state index contributed by atoms with van der Waals surface area (Å²) in [5, 5.41) is 2.87. The summed E-state index contributed by atoms with van der Waals surface area (Å²) in [6.07, 6.45) is 3.28. The topological polar surface area (TPSA) is 71.4 Å². The molecule has 1 saturated heterocycles. The Bertz CT molecular complexity index is 1230. The number of hydrogen-bond acceptors (Lipinski definition) is 3. The summed E-state index contributed by atoms with van der Waals surface area (Å²) in [5.41, 5.74) is 3.38. The fourth-order valence-corrected chi connectivity index (χ4v) is 3.49. The number of aryl methyl sites for hydroxylation is 2. The number of amides is 4. The van der Waals surface area contributed by atoms with E-state index in [-0.39, 0.29) is 5.57 Å². The van der Waals surface area contributed by atoms with Gasteiger partial charge >= 0.3 is 6.03 Å². The lowest BCUT2D eigenvalue weighted by atomic mass is 10.1. The lowest BCUT2D eigenvalue weighted by molar-refractivity contribution is -0.122.